The molecular formula is C17H31N3. The van der Waals surface area contributed by atoms with Crippen LogP contribution in [-0.4, -0.2) is 25.1 Å². The predicted molar refractivity (Wildman–Crippen MR) is 88.4 cm³/mol. The summed E-state index contributed by atoms with van der Waals surface area (Å²) < 4.78 is 0. The zero-order chi connectivity index (χ0) is 15.5. The number of hydrogen-bond donors (Lipinski definition) is 1. The second-order valence-electron chi connectivity index (χ2n) is 7.09. The highest BCUT2D eigenvalue weighted by atomic mass is 15.2. The lowest BCUT2D eigenvalue weighted by Gasteiger charge is -2.31. The normalized spacial score (nSPS) is 13.7. The van der Waals surface area contributed by atoms with Crippen molar-refractivity contribution in [1.82, 2.24) is 10.3 Å². The first-order valence-corrected chi connectivity index (χ1v) is 7.55. The molecule has 0 radical (unpaired) electrons. The summed E-state index contributed by atoms with van der Waals surface area (Å²) in [7, 11) is 4.12. The smallest absolute Gasteiger partial charge is 0.129 e. The molecule has 0 aliphatic heterocycles. The third-order valence-corrected chi connectivity index (χ3v) is 3.96. The summed E-state index contributed by atoms with van der Waals surface area (Å²) in [4.78, 5) is 7.18. The molecule has 0 aliphatic rings. The van der Waals surface area contributed by atoms with Gasteiger partial charge in [0.1, 0.15) is 5.82 Å². The number of anilines is 1. The number of pyridine rings is 1. The lowest BCUT2D eigenvalue weighted by Crippen LogP contribution is -2.34. The van der Waals surface area contributed by atoms with Crippen molar-refractivity contribution in [3.05, 3.63) is 23.4 Å². The third-order valence-electron chi connectivity index (χ3n) is 3.96. The zero-order valence-corrected chi connectivity index (χ0v) is 14.4. The minimum Gasteiger partial charge on any atom is -0.357 e. The fourth-order valence-electron chi connectivity index (χ4n) is 2.10. The topological polar surface area (TPSA) is 28.2 Å². The molecule has 0 saturated heterocycles. The van der Waals surface area contributed by atoms with Crippen LogP contribution >= 0.6 is 0 Å². The molecule has 0 amide bonds. The Morgan fingerprint density at radius 2 is 1.80 bits per heavy atom. The van der Waals surface area contributed by atoms with Crippen LogP contribution in [0.2, 0.25) is 0 Å². The molecular weight excluding hydrogens is 246 g/mol. The van der Waals surface area contributed by atoms with E-state index >= 15 is 0 Å². The summed E-state index contributed by atoms with van der Waals surface area (Å²) >= 11 is 0. The van der Waals surface area contributed by atoms with Gasteiger partial charge in [-0.1, -0.05) is 34.6 Å². The Morgan fingerprint density at radius 3 is 2.25 bits per heavy atom. The van der Waals surface area contributed by atoms with E-state index in [1.54, 1.807) is 0 Å². The largest absolute Gasteiger partial charge is 0.357 e. The summed E-state index contributed by atoms with van der Waals surface area (Å²) in [5.41, 5.74) is 2.52. The summed E-state index contributed by atoms with van der Waals surface area (Å²) in [6, 6.07) is 4.89. The molecule has 1 heterocycles. The number of nitrogens with one attached hydrogen (secondary N) is 1. The molecule has 1 rings (SSSR count). The molecule has 20 heavy (non-hydrogen) atoms. The molecule has 0 aromatic carbocycles. The van der Waals surface area contributed by atoms with Crippen LogP contribution in [-0.2, 0) is 12.0 Å². The van der Waals surface area contributed by atoms with E-state index in [4.69, 9.17) is 4.98 Å². The zero-order valence-electron chi connectivity index (χ0n) is 14.4. The van der Waals surface area contributed by atoms with Crippen LogP contribution in [0.3, 0.4) is 0 Å². The van der Waals surface area contributed by atoms with E-state index in [-0.39, 0.29) is 5.41 Å². The van der Waals surface area contributed by atoms with Crippen LogP contribution < -0.4 is 10.2 Å². The van der Waals surface area contributed by atoms with Crippen LogP contribution in [0.4, 0.5) is 5.82 Å². The van der Waals surface area contributed by atoms with Gasteiger partial charge in [-0.25, -0.2) is 4.98 Å². The Labute approximate surface area is 124 Å². The van der Waals surface area contributed by atoms with Gasteiger partial charge >= 0.3 is 0 Å². The van der Waals surface area contributed by atoms with Crippen molar-refractivity contribution in [2.24, 2.45) is 5.92 Å². The number of rotatable bonds is 5. The highest BCUT2D eigenvalue weighted by Gasteiger charge is 2.20. The van der Waals surface area contributed by atoms with E-state index in [1.807, 2.05) is 7.05 Å². The minimum absolute atomic E-state index is 0.0699. The molecule has 1 aromatic rings. The van der Waals surface area contributed by atoms with E-state index in [0.717, 1.165) is 18.1 Å². The van der Waals surface area contributed by atoms with Gasteiger partial charge in [-0.3, -0.25) is 0 Å². The molecule has 1 atom stereocenters. The van der Waals surface area contributed by atoms with Gasteiger partial charge in [-0.05, 0) is 37.6 Å². The van der Waals surface area contributed by atoms with E-state index in [0.29, 0.717) is 12.0 Å². The first-order chi connectivity index (χ1) is 9.16. The summed E-state index contributed by atoms with van der Waals surface area (Å²) in [5, 5.41) is 3.23. The van der Waals surface area contributed by atoms with Crippen LogP contribution in [0.1, 0.15) is 52.8 Å². The second-order valence-corrected chi connectivity index (χ2v) is 7.09. The summed E-state index contributed by atoms with van der Waals surface area (Å²) in [6.45, 7) is 14.3. The Bertz CT molecular complexity index is 432. The Hall–Kier alpha value is -1.09. The van der Waals surface area contributed by atoms with Crippen LogP contribution in [0, 0.1) is 5.92 Å². The fourth-order valence-corrected chi connectivity index (χ4v) is 2.10. The average Bonchev–Trinajstić information content (AvgIpc) is 2.35. The first-order valence-electron chi connectivity index (χ1n) is 7.55. The summed E-state index contributed by atoms with van der Waals surface area (Å²) in [5.74, 6) is 1.68. The quantitative estimate of drug-likeness (QED) is 0.891. The first kappa shape index (κ1) is 17.0. The van der Waals surface area contributed by atoms with Crippen LogP contribution in [0.25, 0.3) is 0 Å². The monoisotopic (exact) mass is 277 g/mol. The Morgan fingerprint density at radius 1 is 1.20 bits per heavy atom. The highest BCUT2D eigenvalue weighted by Crippen LogP contribution is 2.26. The molecule has 1 unspecified atom stereocenters. The molecule has 0 saturated carbocycles. The van der Waals surface area contributed by atoms with Gasteiger partial charge in [0.2, 0.25) is 0 Å². The lowest BCUT2D eigenvalue weighted by molar-refractivity contribution is 0.499. The van der Waals surface area contributed by atoms with Gasteiger partial charge in [-0.2, -0.15) is 0 Å². The van der Waals surface area contributed by atoms with Crippen molar-refractivity contribution >= 4 is 5.82 Å². The van der Waals surface area contributed by atoms with Crippen molar-refractivity contribution in [2.45, 2.75) is 59.5 Å². The Balaban J connectivity index is 3.21. The van der Waals surface area contributed by atoms with Crippen molar-refractivity contribution < 1.29 is 0 Å². The van der Waals surface area contributed by atoms with E-state index in [2.05, 4.69) is 70.9 Å². The van der Waals surface area contributed by atoms with Crippen LogP contribution in [0.5, 0.6) is 0 Å². The van der Waals surface area contributed by atoms with Crippen molar-refractivity contribution in [3.63, 3.8) is 0 Å². The number of aromatic nitrogens is 1. The molecule has 0 fully saturated rings. The average molecular weight is 277 g/mol. The third kappa shape index (κ3) is 4.20. The molecule has 3 nitrogen and oxygen atoms in total. The van der Waals surface area contributed by atoms with Gasteiger partial charge in [-0.15, -0.1) is 0 Å². The number of nitrogens with zero attached hydrogens (tertiary/aromatic N) is 2. The van der Waals surface area contributed by atoms with Gasteiger partial charge < -0.3 is 10.2 Å². The van der Waals surface area contributed by atoms with Gasteiger partial charge in [0.05, 0.1) is 0 Å². The standard InChI is InChI=1S/C17H31N3/c1-12(2)13(3)20(8)16-10-14(11-18-7)9-15(19-16)17(4,5)6/h9-10,12-13,18H,11H2,1-8H3. The van der Waals surface area contributed by atoms with Gasteiger partial charge in [0.15, 0.2) is 0 Å². The second kappa shape index (κ2) is 6.57. The van der Waals surface area contributed by atoms with Crippen LogP contribution in [0.15, 0.2) is 12.1 Å². The predicted octanol–water partition coefficient (Wildman–Crippen LogP) is 3.58. The maximum atomic E-state index is 4.89. The van der Waals surface area contributed by atoms with Crippen molar-refractivity contribution in [3.8, 4) is 0 Å². The van der Waals surface area contributed by atoms with Crippen molar-refractivity contribution in [2.75, 3.05) is 19.0 Å². The minimum atomic E-state index is 0.0699. The molecule has 3 heteroatoms. The lowest BCUT2D eigenvalue weighted by atomic mass is 9.90. The van der Waals surface area contributed by atoms with Gasteiger partial charge in [0, 0.05) is 30.7 Å². The Kier molecular flexibility index (Phi) is 5.58. The molecule has 0 aliphatic carbocycles. The van der Waals surface area contributed by atoms with E-state index in [1.165, 1.54) is 5.56 Å². The maximum Gasteiger partial charge on any atom is 0.129 e. The molecule has 1 N–H and O–H groups in total. The highest BCUT2D eigenvalue weighted by molar-refractivity contribution is 5.44. The molecule has 114 valence electrons. The number of hydrogen-bond acceptors (Lipinski definition) is 3. The fraction of sp³-hybridized carbons (Fsp3) is 0.706. The van der Waals surface area contributed by atoms with E-state index in [9.17, 15) is 0 Å². The van der Waals surface area contributed by atoms with Crippen molar-refractivity contribution in [1.29, 1.82) is 0 Å². The van der Waals surface area contributed by atoms with E-state index < -0.39 is 0 Å². The SMILES string of the molecule is CNCc1cc(N(C)C(C)C(C)C)nc(C(C)(C)C)c1. The molecule has 1 aromatic heterocycles. The molecule has 0 bridgehead atoms. The summed E-state index contributed by atoms with van der Waals surface area (Å²) in [6.07, 6.45) is 0. The van der Waals surface area contributed by atoms with Gasteiger partial charge in [0.25, 0.3) is 0 Å². The molecule has 0 spiro atoms. The maximum absolute atomic E-state index is 4.89.